The first-order valence-electron chi connectivity index (χ1n) is 6.38. The Bertz CT molecular complexity index is 452. The van der Waals surface area contributed by atoms with Gasteiger partial charge in [-0.25, -0.2) is 0 Å². The van der Waals surface area contributed by atoms with Crippen LogP contribution in [0, 0.1) is 12.3 Å². The van der Waals surface area contributed by atoms with Gasteiger partial charge in [0, 0.05) is 21.4 Å². The third-order valence-corrected chi connectivity index (χ3v) is 4.52. The van der Waals surface area contributed by atoms with Crippen LogP contribution in [0.3, 0.4) is 0 Å². The smallest absolute Gasteiger partial charge is 0.251 e. The summed E-state index contributed by atoms with van der Waals surface area (Å²) in [6.07, 6.45) is 0.921. The molecular formula is C15H21Br2NO. The quantitative estimate of drug-likeness (QED) is 0.742. The number of amides is 1. The van der Waals surface area contributed by atoms with Crippen molar-refractivity contribution in [2.75, 3.05) is 5.33 Å². The lowest BCUT2D eigenvalue weighted by Gasteiger charge is -2.31. The van der Waals surface area contributed by atoms with E-state index in [1.54, 1.807) is 0 Å². The van der Waals surface area contributed by atoms with Gasteiger partial charge in [-0.3, -0.25) is 4.79 Å². The van der Waals surface area contributed by atoms with E-state index in [1.807, 2.05) is 25.1 Å². The Kier molecular flexibility index (Phi) is 6.06. The Labute approximate surface area is 132 Å². The highest BCUT2D eigenvalue weighted by molar-refractivity contribution is 9.10. The molecule has 0 heterocycles. The van der Waals surface area contributed by atoms with Crippen molar-refractivity contribution in [1.82, 2.24) is 5.32 Å². The maximum absolute atomic E-state index is 12.3. The Morgan fingerprint density at radius 2 is 2.00 bits per heavy atom. The first-order valence-corrected chi connectivity index (χ1v) is 8.30. The van der Waals surface area contributed by atoms with E-state index < -0.39 is 0 Å². The molecule has 106 valence electrons. The molecule has 0 saturated heterocycles. The van der Waals surface area contributed by atoms with Gasteiger partial charge >= 0.3 is 0 Å². The summed E-state index contributed by atoms with van der Waals surface area (Å²) < 4.78 is 1.02. The van der Waals surface area contributed by atoms with Gasteiger partial charge in [0.15, 0.2) is 0 Å². The SMILES string of the molecule is Cc1cc(C(=O)NC(CCBr)C(C)(C)C)ccc1Br. The van der Waals surface area contributed by atoms with Crippen molar-refractivity contribution >= 4 is 37.8 Å². The summed E-state index contributed by atoms with van der Waals surface area (Å²) in [7, 11) is 0. The second-order valence-corrected chi connectivity index (χ2v) is 7.48. The summed E-state index contributed by atoms with van der Waals surface area (Å²) in [5, 5.41) is 4.02. The lowest BCUT2D eigenvalue weighted by molar-refractivity contribution is 0.0900. The minimum absolute atomic E-state index is 0.00326. The molecule has 0 spiro atoms. The van der Waals surface area contributed by atoms with Gasteiger partial charge in [0.25, 0.3) is 5.91 Å². The van der Waals surface area contributed by atoms with Gasteiger partial charge in [-0.2, -0.15) is 0 Å². The van der Waals surface area contributed by atoms with Crippen LogP contribution in [-0.4, -0.2) is 17.3 Å². The van der Waals surface area contributed by atoms with E-state index in [1.165, 1.54) is 0 Å². The van der Waals surface area contributed by atoms with Crippen LogP contribution < -0.4 is 5.32 Å². The molecule has 0 aliphatic heterocycles. The van der Waals surface area contributed by atoms with Gasteiger partial charge in [-0.1, -0.05) is 52.6 Å². The second kappa shape index (κ2) is 6.89. The predicted octanol–water partition coefficient (Wildman–Crippen LogP) is 4.69. The van der Waals surface area contributed by atoms with Crippen molar-refractivity contribution in [3.8, 4) is 0 Å². The van der Waals surface area contributed by atoms with Crippen LogP contribution in [0.2, 0.25) is 0 Å². The zero-order valence-electron chi connectivity index (χ0n) is 11.9. The fourth-order valence-corrected chi connectivity index (χ4v) is 2.56. The molecule has 19 heavy (non-hydrogen) atoms. The zero-order valence-corrected chi connectivity index (χ0v) is 15.1. The minimum Gasteiger partial charge on any atom is -0.349 e. The molecule has 0 aliphatic rings. The van der Waals surface area contributed by atoms with Gasteiger partial charge in [0.1, 0.15) is 0 Å². The number of halogens is 2. The van der Waals surface area contributed by atoms with Crippen LogP contribution in [0.1, 0.15) is 43.1 Å². The fraction of sp³-hybridized carbons (Fsp3) is 0.533. The van der Waals surface area contributed by atoms with E-state index in [2.05, 4.69) is 57.9 Å². The Morgan fingerprint density at radius 3 is 2.47 bits per heavy atom. The van der Waals surface area contributed by atoms with Crippen LogP contribution in [0.15, 0.2) is 22.7 Å². The molecule has 2 nitrogen and oxygen atoms in total. The molecule has 0 fully saturated rings. The molecule has 0 aromatic heterocycles. The van der Waals surface area contributed by atoms with Crippen LogP contribution in [0.5, 0.6) is 0 Å². The number of carbonyl (C=O) groups is 1. The predicted molar refractivity (Wildman–Crippen MR) is 88.0 cm³/mol. The highest BCUT2D eigenvalue weighted by Gasteiger charge is 2.25. The summed E-state index contributed by atoms with van der Waals surface area (Å²) in [6, 6.07) is 5.83. The minimum atomic E-state index is -0.00326. The zero-order chi connectivity index (χ0) is 14.6. The van der Waals surface area contributed by atoms with Gasteiger partial charge in [-0.05, 0) is 42.5 Å². The largest absolute Gasteiger partial charge is 0.349 e. The summed E-state index contributed by atoms with van der Waals surface area (Å²) in [4.78, 5) is 12.3. The van der Waals surface area contributed by atoms with Crippen molar-refractivity contribution < 1.29 is 4.79 Å². The molecule has 4 heteroatoms. The highest BCUT2D eigenvalue weighted by atomic mass is 79.9. The summed E-state index contributed by atoms with van der Waals surface area (Å²) in [5.74, 6) is -0.00326. The lowest BCUT2D eigenvalue weighted by Crippen LogP contribution is -2.44. The van der Waals surface area contributed by atoms with Crippen molar-refractivity contribution in [1.29, 1.82) is 0 Å². The standard InChI is InChI=1S/C15H21Br2NO/c1-10-9-11(5-6-12(10)17)14(19)18-13(7-8-16)15(2,3)4/h5-6,9,13H,7-8H2,1-4H3,(H,18,19). The Morgan fingerprint density at radius 1 is 1.37 bits per heavy atom. The van der Waals surface area contributed by atoms with Crippen molar-refractivity contribution in [3.63, 3.8) is 0 Å². The maximum Gasteiger partial charge on any atom is 0.251 e. The second-order valence-electron chi connectivity index (χ2n) is 5.83. The number of nitrogens with one attached hydrogen (secondary N) is 1. The molecule has 1 aromatic rings. The van der Waals surface area contributed by atoms with Crippen LogP contribution in [0.4, 0.5) is 0 Å². The van der Waals surface area contributed by atoms with E-state index in [0.717, 1.165) is 21.8 Å². The summed E-state index contributed by atoms with van der Waals surface area (Å²) in [6.45, 7) is 8.43. The van der Waals surface area contributed by atoms with E-state index >= 15 is 0 Å². The van der Waals surface area contributed by atoms with E-state index in [4.69, 9.17) is 0 Å². The number of benzene rings is 1. The number of rotatable bonds is 4. The fourth-order valence-electron chi connectivity index (χ4n) is 1.86. The molecule has 0 bridgehead atoms. The molecule has 1 unspecified atom stereocenters. The lowest BCUT2D eigenvalue weighted by atomic mass is 9.85. The average molecular weight is 391 g/mol. The number of carbonyl (C=O) groups excluding carboxylic acids is 1. The Hall–Kier alpha value is -0.350. The molecule has 1 rings (SSSR count). The monoisotopic (exact) mass is 389 g/mol. The maximum atomic E-state index is 12.3. The molecule has 0 aliphatic carbocycles. The van der Waals surface area contributed by atoms with Crippen molar-refractivity contribution in [3.05, 3.63) is 33.8 Å². The van der Waals surface area contributed by atoms with E-state index in [9.17, 15) is 4.79 Å². The molecule has 1 amide bonds. The topological polar surface area (TPSA) is 29.1 Å². The number of hydrogen-bond acceptors (Lipinski definition) is 1. The first kappa shape index (κ1) is 16.7. The van der Waals surface area contributed by atoms with Crippen LogP contribution in [-0.2, 0) is 0 Å². The molecule has 1 aromatic carbocycles. The van der Waals surface area contributed by atoms with Gasteiger partial charge < -0.3 is 5.32 Å². The van der Waals surface area contributed by atoms with Gasteiger partial charge in [0.2, 0.25) is 0 Å². The number of alkyl halides is 1. The van der Waals surface area contributed by atoms with Crippen LogP contribution in [0.25, 0.3) is 0 Å². The first-order chi connectivity index (χ1) is 8.75. The van der Waals surface area contributed by atoms with Crippen molar-refractivity contribution in [2.45, 2.75) is 40.2 Å². The van der Waals surface area contributed by atoms with Crippen LogP contribution >= 0.6 is 31.9 Å². The Balaban J connectivity index is 2.84. The van der Waals surface area contributed by atoms with E-state index in [0.29, 0.717) is 5.56 Å². The summed E-state index contributed by atoms with van der Waals surface area (Å²) in [5.41, 5.74) is 1.83. The molecule has 1 atom stereocenters. The number of hydrogen-bond donors (Lipinski definition) is 1. The third-order valence-electron chi connectivity index (χ3n) is 3.17. The molecular weight excluding hydrogens is 370 g/mol. The highest BCUT2D eigenvalue weighted by Crippen LogP contribution is 2.23. The number of aryl methyl sites for hydroxylation is 1. The molecule has 1 N–H and O–H groups in total. The van der Waals surface area contributed by atoms with Gasteiger partial charge in [-0.15, -0.1) is 0 Å². The van der Waals surface area contributed by atoms with Crippen molar-refractivity contribution in [2.24, 2.45) is 5.41 Å². The molecule has 0 saturated carbocycles. The average Bonchev–Trinajstić information content (AvgIpc) is 2.30. The third kappa shape index (κ3) is 4.92. The normalized spacial score (nSPS) is 13.2. The molecule has 0 radical (unpaired) electrons. The van der Waals surface area contributed by atoms with E-state index in [-0.39, 0.29) is 17.4 Å². The van der Waals surface area contributed by atoms with Gasteiger partial charge in [0.05, 0.1) is 0 Å². The summed E-state index contributed by atoms with van der Waals surface area (Å²) >= 11 is 6.90.